The van der Waals surface area contributed by atoms with Crippen LogP contribution in [0.4, 0.5) is 17.3 Å². The molecular weight excluding hydrogens is 476 g/mol. The molecular formula is C30H34N6O2. The van der Waals surface area contributed by atoms with Gasteiger partial charge in [-0.15, -0.1) is 0 Å². The number of carbonyl (C=O) groups is 1. The number of benzene rings is 2. The Balaban J connectivity index is 1.33. The fraction of sp³-hybridized carbons (Fsp3) is 0.333. The summed E-state index contributed by atoms with van der Waals surface area (Å²) in [7, 11) is 0. The van der Waals surface area contributed by atoms with Crippen LogP contribution in [-0.2, 0) is 0 Å². The molecule has 4 aromatic rings. The van der Waals surface area contributed by atoms with Crippen molar-refractivity contribution >= 4 is 34.1 Å². The van der Waals surface area contributed by atoms with Crippen LogP contribution in [0, 0.1) is 6.92 Å². The summed E-state index contributed by atoms with van der Waals surface area (Å²) in [5.74, 6) is 2.91. The predicted octanol–water partition coefficient (Wildman–Crippen LogP) is 6.39. The Bertz CT molecular complexity index is 1460. The fourth-order valence-electron chi connectivity index (χ4n) is 4.44. The first-order chi connectivity index (χ1) is 18.3. The summed E-state index contributed by atoms with van der Waals surface area (Å²) >= 11 is 0. The molecule has 0 unspecified atom stereocenters. The molecule has 1 amide bonds. The van der Waals surface area contributed by atoms with Crippen molar-refractivity contribution in [2.24, 2.45) is 0 Å². The number of anilines is 3. The number of pyridine rings is 1. The minimum atomic E-state index is -0.269. The lowest BCUT2D eigenvalue weighted by atomic mass is 10.0. The molecule has 8 nitrogen and oxygen atoms in total. The average Bonchev–Trinajstić information content (AvgIpc) is 3.45. The van der Waals surface area contributed by atoms with Gasteiger partial charge in [0, 0.05) is 35.3 Å². The maximum Gasteiger partial charge on any atom is 0.251 e. The van der Waals surface area contributed by atoms with E-state index in [9.17, 15) is 4.79 Å². The highest BCUT2D eigenvalue weighted by Crippen LogP contribution is 2.31. The van der Waals surface area contributed by atoms with Gasteiger partial charge in [-0.25, -0.2) is 15.0 Å². The van der Waals surface area contributed by atoms with Crippen LogP contribution in [0.2, 0.25) is 0 Å². The highest BCUT2D eigenvalue weighted by atomic mass is 16.5. The Labute approximate surface area is 223 Å². The number of aryl methyl sites for hydroxylation is 1. The highest BCUT2D eigenvalue weighted by Gasteiger charge is 2.19. The van der Waals surface area contributed by atoms with Crippen molar-refractivity contribution in [1.82, 2.24) is 20.3 Å². The number of fused-ring (bicyclic) bond motifs is 1. The van der Waals surface area contributed by atoms with Crippen LogP contribution in [-0.4, -0.2) is 39.5 Å². The van der Waals surface area contributed by atoms with Gasteiger partial charge in [0.15, 0.2) is 0 Å². The van der Waals surface area contributed by atoms with Gasteiger partial charge >= 0.3 is 0 Å². The van der Waals surface area contributed by atoms with Gasteiger partial charge in [-0.1, -0.05) is 13.0 Å². The number of hydrogen-bond donors (Lipinski definition) is 2. The molecule has 0 radical (unpaired) electrons. The van der Waals surface area contributed by atoms with Crippen molar-refractivity contribution in [3.8, 4) is 11.5 Å². The maximum atomic E-state index is 12.7. The van der Waals surface area contributed by atoms with Gasteiger partial charge in [-0.2, -0.15) is 0 Å². The minimum Gasteiger partial charge on any atom is -0.457 e. The lowest BCUT2D eigenvalue weighted by Crippen LogP contribution is -2.42. The van der Waals surface area contributed by atoms with Crippen molar-refractivity contribution in [3.05, 3.63) is 72.2 Å². The molecule has 0 atom stereocenters. The first kappa shape index (κ1) is 25.4. The molecule has 8 heteroatoms. The Hall–Kier alpha value is -4.20. The summed E-state index contributed by atoms with van der Waals surface area (Å²) in [5.41, 5.74) is 2.94. The highest BCUT2D eigenvalue weighted by molar-refractivity contribution is 5.95. The average molecular weight is 511 g/mol. The molecule has 0 aliphatic carbocycles. The molecule has 2 aromatic heterocycles. The third kappa shape index (κ3) is 5.69. The van der Waals surface area contributed by atoms with E-state index in [2.05, 4.69) is 43.5 Å². The van der Waals surface area contributed by atoms with Crippen LogP contribution in [0.1, 0.15) is 56.0 Å². The molecule has 5 rings (SSSR count). The second-order valence-corrected chi connectivity index (χ2v) is 10.4. The molecule has 1 saturated heterocycles. The van der Waals surface area contributed by atoms with E-state index in [1.165, 1.54) is 12.8 Å². The summed E-state index contributed by atoms with van der Waals surface area (Å²) in [6.45, 7) is 10.1. The lowest BCUT2D eigenvalue weighted by Gasteiger charge is -2.24. The Morgan fingerprint density at radius 2 is 1.87 bits per heavy atom. The smallest absolute Gasteiger partial charge is 0.251 e. The van der Waals surface area contributed by atoms with E-state index < -0.39 is 0 Å². The number of carbonyl (C=O) groups excluding carboxylic acids is 1. The monoisotopic (exact) mass is 510 g/mol. The first-order valence-electron chi connectivity index (χ1n) is 13.1. The molecule has 2 N–H and O–H groups in total. The summed E-state index contributed by atoms with van der Waals surface area (Å²) < 4.78 is 6.16. The molecule has 38 heavy (non-hydrogen) atoms. The molecule has 196 valence electrons. The van der Waals surface area contributed by atoms with Gasteiger partial charge in [-0.05, 0) is 88.1 Å². The number of rotatable bonds is 8. The van der Waals surface area contributed by atoms with Gasteiger partial charge < -0.3 is 20.3 Å². The third-order valence-electron chi connectivity index (χ3n) is 7.03. The van der Waals surface area contributed by atoms with Gasteiger partial charge in [0.2, 0.25) is 0 Å². The van der Waals surface area contributed by atoms with Crippen LogP contribution in [0.25, 0.3) is 10.9 Å². The quantitative estimate of drug-likeness (QED) is 0.284. The standard InChI is InChI=1S/C30H34N6O2/c1-5-30(3,4)35-29(37)21-9-8-10-23(16-21)38-26-12-11-22(15-20(26)2)34-28-24-17-27(36-13-6-7-14-36)31-18-25(24)32-19-33-28/h8-12,15-19H,5-7,13-14H2,1-4H3,(H,35,37)(H,32,33,34). The van der Waals surface area contributed by atoms with Crippen LogP contribution < -0.4 is 20.3 Å². The van der Waals surface area contributed by atoms with Gasteiger partial charge in [0.05, 0.1) is 11.7 Å². The van der Waals surface area contributed by atoms with E-state index in [0.29, 0.717) is 11.3 Å². The van der Waals surface area contributed by atoms with Crippen molar-refractivity contribution in [3.63, 3.8) is 0 Å². The predicted molar refractivity (Wildman–Crippen MR) is 152 cm³/mol. The van der Waals surface area contributed by atoms with Crippen molar-refractivity contribution in [2.75, 3.05) is 23.3 Å². The van der Waals surface area contributed by atoms with E-state index in [1.807, 2.05) is 57.3 Å². The van der Waals surface area contributed by atoms with Crippen LogP contribution in [0.15, 0.2) is 61.1 Å². The van der Waals surface area contributed by atoms with Crippen LogP contribution in [0.5, 0.6) is 11.5 Å². The number of hydrogen-bond acceptors (Lipinski definition) is 7. The van der Waals surface area contributed by atoms with Crippen molar-refractivity contribution in [2.45, 2.75) is 52.5 Å². The molecule has 1 aliphatic heterocycles. The lowest BCUT2D eigenvalue weighted by molar-refractivity contribution is 0.0911. The van der Waals surface area contributed by atoms with E-state index in [4.69, 9.17) is 4.74 Å². The Morgan fingerprint density at radius 3 is 2.63 bits per heavy atom. The molecule has 0 bridgehead atoms. The SMILES string of the molecule is CCC(C)(C)NC(=O)c1cccc(Oc2ccc(Nc3ncnc4cnc(N5CCCC5)cc34)cc2C)c1. The van der Waals surface area contributed by atoms with E-state index in [1.54, 1.807) is 18.5 Å². The summed E-state index contributed by atoms with van der Waals surface area (Å²) in [6, 6.07) is 15.2. The molecule has 0 spiro atoms. The summed E-state index contributed by atoms with van der Waals surface area (Å²) in [6.07, 6.45) is 6.60. The van der Waals surface area contributed by atoms with E-state index in [-0.39, 0.29) is 11.4 Å². The van der Waals surface area contributed by atoms with Crippen molar-refractivity contribution in [1.29, 1.82) is 0 Å². The van der Waals surface area contributed by atoms with Gasteiger partial charge in [-0.3, -0.25) is 4.79 Å². The third-order valence-corrected chi connectivity index (χ3v) is 7.03. The summed E-state index contributed by atoms with van der Waals surface area (Å²) in [4.78, 5) is 28.5. The minimum absolute atomic E-state index is 0.112. The number of amides is 1. The summed E-state index contributed by atoms with van der Waals surface area (Å²) in [5, 5.41) is 7.44. The topological polar surface area (TPSA) is 92.3 Å². The Kier molecular flexibility index (Phi) is 7.13. The number of nitrogens with zero attached hydrogens (tertiary/aromatic N) is 4. The van der Waals surface area contributed by atoms with Crippen LogP contribution >= 0.6 is 0 Å². The zero-order valence-corrected chi connectivity index (χ0v) is 22.4. The maximum absolute atomic E-state index is 12.7. The molecule has 3 heterocycles. The van der Waals surface area contributed by atoms with Crippen molar-refractivity contribution < 1.29 is 9.53 Å². The fourth-order valence-corrected chi connectivity index (χ4v) is 4.44. The Morgan fingerprint density at radius 1 is 1.05 bits per heavy atom. The van der Waals surface area contributed by atoms with E-state index >= 15 is 0 Å². The van der Waals surface area contributed by atoms with Crippen LogP contribution in [0.3, 0.4) is 0 Å². The first-order valence-corrected chi connectivity index (χ1v) is 13.1. The molecule has 1 aliphatic rings. The number of nitrogens with one attached hydrogen (secondary N) is 2. The zero-order valence-electron chi connectivity index (χ0n) is 22.4. The zero-order chi connectivity index (χ0) is 26.7. The van der Waals surface area contributed by atoms with Gasteiger partial charge in [0.25, 0.3) is 5.91 Å². The molecule has 1 fully saturated rings. The normalized spacial score (nSPS) is 13.5. The second kappa shape index (κ2) is 10.7. The molecule has 2 aromatic carbocycles. The van der Waals surface area contributed by atoms with E-state index in [0.717, 1.165) is 59.0 Å². The molecule has 0 saturated carbocycles. The largest absolute Gasteiger partial charge is 0.457 e. The second-order valence-electron chi connectivity index (χ2n) is 10.4. The number of ether oxygens (including phenoxy) is 1. The number of aromatic nitrogens is 3. The van der Waals surface area contributed by atoms with Gasteiger partial charge in [0.1, 0.15) is 29.5 Å².